The molecule has 0 bridgehead atoms. The van der Waals surface area contributed by atoms with Crippen LogP contribution in [0.3, 0.4) is 0 Å². The second-order valence-electron chi connectivity index (χ2n) is 3.95. The number of benzene rings is 1. The first-order valence-electron chi connectivity index (χ1n) is 5.26. The molecule has 0 aliphatic carbocycles. The first-order chi connectivity index (χ1) is 7.72. The number of methoxy groups -OCH3 is 1. The van der Waals surface area contributed by atoms with Crippen LogP contribution in [0.15, 0.2) is 24.3 Å². The number of carbonyl (C=O) groups is 1. The zero-order valence-electron chi connectivity index (χ0n) is 9.07. The third-order valence-corrected chi connectivity index (χ3v) is 3.27. The van der Waals surface area contributed by atoms with Gasteiger partial charge in [0.25, 0.3) is 0 Å². The summed E-state index contributed by atoms with van der Waals surface area (Å²) in [7, 11) is 1.43. The fourth-order valence-electron chi connectivity index (χ4n) is 2.14. The van der Waals surface area contributed by atoms with Gasteiger partial charge in [0, 0.05) is 24.0 Å². The van der Waals surface area contributed by atoms with Crippen molar-refractivity contribution >= 4 is 17.6 Å². The van der Waals surface area contributed by atoms with Crippen molar-refractivity contribution in [1.82, 2.24) is 5.32 Å². The molecule has 0 aromatic heterocycles. The van der Waals surface area contributed by atoms with E-state index in [0.29, 0.717) is 11.6 Å². The molecule has 4 heteroatoms. The summed E-state index contributed by atoms with van der Waals surface area (Å²) in [6.07, 6.45) is 0. The lowest BCUT2D eigenvalue weighted by atomic mass is 9.89. The topological polar surface area (TPSA) is 38.3 Å². The van der Waals surface area contributed by atoms with Crippen LogP contribution in [0.2, 0.25) is 5.02 Å². The third-order valence-electron chi connectivity index (χ3n) is 3.02. The second-order valence-corrected chi connectivity index (χ2v) is 4.38. The van der Waals surface area contributed by atoms with Crippen LogP contribution in [0.1, 0.15) is 11.5 Å². The monoisotopic (exact) mass is 239 g/mol. The molecule has 0 spiro atoms. The standard InChI is InChI=1S/C12H14ClNO2/c1-16-12(15)11-7-14-6-10(11)8-2-4-9(13)5-3-8/h2-5,10-11,14H,6-7H2,1H3. The van der Waals surface area contributed by atoms with Crippen molar-refractivity contribution < 1.29 is 9.53 Å². The minimum absolute atomic E-state index is 0.0915. The Hall–Kier alpha value is -1.06. The van der Waals surface area contributed by atoms with E-state index in [2.05, 4.69) is 5.32 Å². The molecular formula is C12H14ClNO2. The van der Waals surface area contributed by atoms with Crippen molar-refractivity contribution in [3.63, 3.8) is 0 Å². The van der Waals surface area contributed by atoms with Crippen LogP contribution in [-0.4, -0.2) is 26.2 Å². The lowest BCUT2D eigenvalue weighted by Gasteiger charge is -2.16. The fraction of sp³-hybridized carbons (Fsp3) is 0.417. The Morgan fingerprint density at radius 2 is 2.06 bits per heavy atom. The van der Waals surface area contributed by atoms with E-state index in [9.17, 15) is 4.79 Å². The van der Waals surface area contributed by atoms with E-state index in [-0.39, 0.29) is 17.8 Å². The van der Waals surface area contributed by atoms with Gasteiger partial charge in [-0.05, 0) is 17.7 Å². The van der Waals surface area contributed by atoms with E-state index in [1.54, 1.807) is 0 Å². The summed E-state index contributed by atoms with van der Waals surface area (Å²) in [5, 5.41) is 3.93. The van der Waals surface area contributed by atoms with Gasteiger partial charge in [0.15, 0.2) is 0 Å². The number of hydrogen-bond acceptors (Lipinski definition) is 3. The summed E-state index contributed by atoms with van der Waals surface area (Å²) >= 11 is 5.84. The Morgan fingerprint density at radius 1 is 1.38 bits per heavy atom. The van der Waals surface area contributed by atoms with Gasteiger partial charge in [-0.15, -0.1) is 0 Å². The molecule has 0 saturated carbocycles. The fourth-order valence-corrected chi connectivity index (χ4v) is 2.26. The largest absolute Gasteiger partial charge is 0.469 e. The van der Waals surface area contributed by atoms with Crippen molar-refractivity contribution in [1.29, 1.82) is 0 Å². The highest BCUT2D eigenvalue weighted by Crippen LogP contribution is 2.29. The van der Waals surface area contributed by atoms with Gasteiger partial charge in [-0.25, -0.2) is 0 Å². The van der Waals surface area contributed by atoms with Crippen molar-refractivity contribution in [2.24, 2.45) is 5.92 Å². The maximum Gasteiger partial charge on any atom is 0.310 e. The van der Waals surface area contributed by atoms with E-state index in [0.717, 1.165) is 12.1 Å². The average molecular weight is 240 g/mol. The molecule has 16 heavy (non-hydrogen) atoms. The van der Waals surface area contributed by atoms with Crippen LogP contribution in [0.5, 0.6) is 0 Å². The Kier molecular flexibility index (Phi) is 3.46. The molecule has 2 rings (SSSR count). The van der Waals surface area contributed by atoms with Crippen LogP contribution in [0, 0.1) is 5.92 Å². The predicted octanol–water partition coefficient (Wildman–Crippen LogP) is 1.82. The molecule has 1 aliphatic heterocycles. The highest BCUT2D eigenvalue weighted by atomic mass is 35.5. The average Bonchev–Trinajstić information content (AvgIpc) is 2.78. The summed E-state index contributed by atoms with van der Waals surface area (Å²) < 4.78 is 4.80. The summed E-state index contributed by atoms with van der Waals surface area (Å²) in [5.74, 6) is -0.0548. The Bertz CT molecular complexity index is 377. The molecule has 86 valence electrons. The molecule has 0 radical (unpaired) electrons. The third kappa shape index (κ3) is 2.20. The molecule has 2 unspecified atom stereocenters. The summed E-state index contributed by atoms with van der Waals surface area (Å²) in [6.45, 7) is 1.49. The van der Waals surface area contributed by atoms with Gasteiger partial charge in [0.2, 0.25) is 0 Å². The normalized spacial score (nSPS) is 24.4. The smallest absolute Gasteiger partial charge is 0.310 e. The molecule has 1 saturated heterocycles. The maximum absolute atomic E-state index is 11.6. The molecular weight excluding hydrogens is 226 g/mol. The van der Waals surface area contributed by atoms with Crippen LogP contribution in [-0.2, 0) is 9.53 Å². The van der Waals surface area contributed by atoms with Crippen molar-refractivity contribution in [3.05, 3.63) is 34.9 Å². The van der Waals surface area contributed by atoms with E-state index in [1.165, 1.54) is 7.11 Å². The minimum Gasteiger partial charge on any atom is -0.469 e. The lowest BCUT2D eigenvalue weighted by Crippen LogP contribution is -2.22. The van der Waals surface area contributed by atoms with Gasteiger partial charge in [0.1, 0.15) is 0 Å². The quantitative estimate of drug-likeness (QED) is 0.800. The Labute approximate surface area is 99.7 Å². The molecule has 1 fully saturated rings. The van der Waals surface area contributed by atoms with Crippen molar-refractivity contribution in [3.8, 4) is 0 Å². The van der Waals surface area contributed by atoms with Gasteiger partial charge in [-0.2, -0.15) is 0 Å². The van der Waals surface area contributed by atoms with Gasteiger partial charge in [-0.3, -0.25) is 4.79 Å². The van der Waals surface area contributed by atoms with Crippen LogP contribution in [0.4, 0.5) is 0 Å². The van der Waals surface area contributed by atoms with E-state index in [4.69, 9.17) is 16.3 Å². The van der Waals surface area contributed by atoms with E-state index < -0.39 is 0 Å². The van der Waals surface area contributed by atoms with Crippen molar-refractivity contribution in [2.45, 2.75) is 5.92 Å². The number of hydrogen-bond donors (Lipinski definition) is 1. The van der Waals surface area contributed by atoms with E-state index >= 15 is 0 Å². The van der Waals surface area contributed by atoms with Crippen LogP contribution in [0.25, 0.3) is 0 Å². The highest BCUT2D eigenvalue weighted by molar-refractivity contribution is 6.30. The summed E-state index contributed by atoms with van der Waals surface area (Å²) in [6, 6.07) is 7.64. The van der Waals surface area contributed by atoms with Gasteiger partial charge < -0.3 is 10.1 Å². The zero-order chi connectivity index (χ0) is 11.5. The number of esters is 1. The highest BCUT2D eigenvalue weighted by Gasteiger charge is 2.34. The SMILES string of the molecule is COC(=O)C1CNCC1c1ccc(Cl)cc1. The lowest BCUT2D eigenvalue weighted by molar-refractivity contribution is -0.145. The van der Waals surface area contributed by atoms with Crippen molar-refractivity contribution in [2.75, 3.05) is 20.2 Å². The molecule has 1 aliphatic rings. The summed E-state index contributed by atoms with van der Waals surface area (Å²) in [5.41, 5.74) is 1.13. The summed E-state index contributed by atoms with van der Waals surface area (Å²) in [4.78, 5) is 11.6. The minimum atomic E-state index is -0.148. The first-order valence-corrected chi connectivity index (χ1v) is 5.64. The Balaban J connectivity index is 2.19. The van der Waals surface area contributed by atoms with Gasteiger partial charge in [-0.1, -0.05) is 23.7 Å². The molecule has 1 aromatic rings. The van der Waals surface area contributed by atoms with Crippen LogP contribution < -0.4 is 5.32 Å². The number of halogens is 1. The number of ether oxygens (including phenoxy) is 1. The zero-order valence-corrected chi connectivity index (χ0v) is 9.83. The van der Waals surface area contributed by atoms with Crippen LogP contribution >= 0.6 is 11.6 Å². The predicted molar refractivity (Wildman–Crippen MR) is 62.6 cm³/mol. The van der Waals surface area contributed by atoms with Gasteiger partial charge in [0.05, 0.1) is 13.0 Å². The molecule has 3 nitrogen and oxygen atoms in total. The molecule has 2 atom stereocenters. The maximum atomic E-state index is 11.6. The second kappa shape index (κ2) is 4.85. The molecule has 0 amide bonds. The molecule has 1 aromatic carbocycles. The number of carbonyl (C=O) groups excluding carboxylic acids is 1. The Morgan fingerprint density at radius 3 is 2.69 bits per heavy atom. The van der Waals surface area contributed by atoms with Gasteiger partial charge >= 0.3 is 5.97 Å². The number of rotatable bonds is 2. The first kappa shape index (κ1) is 11.4. The number of nitrogens with one attached hydrogen (secondary N) is 1. The molecule has 1 heterocycles. The van der Waals surface area contributed by atoms with E-state index in [1.807, 2.05) is 24.3 Å². The molecule has 1 N–H and O–H groups in total.